The standard InChI is InChI=1S/C24H26N4O/c1-17-9-7-8-12-22(17)24-20(16-28(26-24)21-10-5-4-6-11-21)15-25-14-13-23-18(2)27-29-19(23)3/h4-12,16,25H,13-15H2,1-3H3. The Morgan fingerprint density at radius 1 is 0.966 bits per heavy atom. The van der Waals surface area contributed by atoms with E-state index >= 15 is 0 Å². The van der Waals surface area contributed by atoms with Crippen LogP contribution < -0.4 is 5.32 Å². The van der Waals surface area contributed by atoms with Crippen molar-refractivity contribution in [3.05, 3.63) is 88.9 Å². The average molecular weight is 386 g/mol. The molecule has 0 saturated heterocycles. The lowest BCUT2D eigenvalue weighted by atomic mass is 10.0. The molecule has 0 fully saturated rings. The molecule has 5 nitrogen and oxygen atoms in total. The van der Waals surface area contributed by atoms with Crippen molar-refractivity contribution in [2.75, 3.05) is 6.54 Å². The molecule has 0 aliphatic rings. The van der Waals surface area contributed by atoms with Gasteiger partial charge in [0.1, 0.15) is 5.76 Å². The van der Waals surface area contributed by atoms with Crippen molar-refractivity contribution in [1.82, 2.24) is 20.3 Å². The summed E-state index contributed by atoms with van der Waals surface area (Å²) in [5, 5.41) is 12.5. The highest BCUT2D eigenvalue weighted by molar-refractivity contribution is 5.66. The number of hydrogen-bond acceptors (Lipinski definition) is 4. The number of nitrogens with one attached hydrogen (secondary N) is 1. The fourth-order valence-corrected chi connectivity index (χ4v) is 3.61. The van der Waals surface area contributed by atoms with Gasteiger partial charge in [-0.1, -0.05) is 47.6 Å². The maximum absolute atomic E-state index is 5.26. The fraction of sp³-hybridized carbons (Fsp3) is 0.250. The van der Waals surface area contributed by atoms with Crippen LogP contribution in [0, 0.1) is 20.8 Å². The first-order chi connectivity index (χ1) is 14.1. The van der Waals surface area contributed by atoms with E-state index in [2.05, 4.69) is 60.0 Å². The summed E-state index contributed by atoms with van der Waals surface area (Å²) in [7, 11) is 0. The highest BCUT2D eigenvalue weighted by atomic mass is 16.5. The van der Waals surface area contributed by atoms with Crippen LogP contribution in [0.3, 0.4) is 0 Å². The molecule has 2 aromatic carbocycles. The fourth-order valence-electron chi connectivity index (χ4n) is 3.61. The topological polar surface area (TPSA) is 55.9 Å². The van der Waals surface area contributed by atoms with Crippen molar-refractivity contribution in [2.24, 2.45) is 0 Å². The lowest BCUT2D eigenvalue weighted by Crippen LogP contribution is -2.17. The molecule has 0 saturated carbocycles. The van der Waals surface area contributed by atoms with Crippen LogP contribution in [0.2, 0.25) is 0 Å². The van der Waals surface area contributed by atoms with Gasteiger partial charge in [-0.15, -0.1) is 0 Å². The normalized spacial score (nSPS) is 11.1. The van der Waals surface area contributed by atoms with Crippen molar-refractivity contribution in [2.45, 2.75) is 33.7 Å². The van der Waals surface area contributed by atoms with E-state index in [1.54, 1.807) is 0 Å². The second-order valence-corrected chi connectivity index (χ2v) is 7.33. The summed E-state index contributed by atoms with van der Waals surface area (Å²) in [5.74, 6) is 0.904. The highest BCUT2D eigenvalue weighted by Crippen LogP contribution is 2.26. The largest absolute Gasteiger partial charge is 0.361 e. The zero-order valence-corrected chi connectivity index (χ0v) is 17.1. The Morgan fingerprint density at radius 2 is 1.72 bits per heavy atom. The molecular formula is C24H26N4O. The van der Waals surface area contributed by atoms with E-state index in [1.165, 1.54) is 22.3 Å². The molecule has 0 amide bonds. The third-order valence-corrected chi connectivity index (χ3v) is 5.26. The number of aryl methyl sites for hydroxylation is 3. The zero-order chi connectivity index (χ0) is 20.2. The minimum absolute atomic E-state index is 0.750. The van der Waals surface area contributed by atoms with E-state index in [4.69, 9.17) is 9.62 Å². The van der Waals surface area contributed by atoms with Gasteiger partial charge in [-0.3, -0.25) is 0 Å². The summed E-state index contributed by atoms with van der Waals surface area (Å²) >= 11 is 0. The summed E-state index contributed by atoms with van der Waals surface area (Å²) in [6.45, 7) is 7.69. The number of nitrogens with zero attached hydrogens (tertiary/aromatic N) is 3. The second kappa shape index (κ2) is 8.45. The third-order valence-electron chi connectivity index (χ3n) is 5.26. The van der Waals surface area contributed by atoms with Gasteiger partial charge in [0.25, 0.3) is 0 Å². The molecule has 0 radical (unpaired) electrons. The maximum Gasteiger partial charge on any atom is 0.137 e. The number of para-hydroxylation sites is 1. The number of hydrogen-bond donors (Lipinski definition) is 1. The van der Waals surface area contributed by atoms with Gasteiger partial charge in [-0.2, -0.15) is 5.10 Å². The van der Waals surface area contributed by atoms with E-state index in [0.717, 1.165) is 42.3 Å². The van der Waals surface area contributed by atoms with Gasteiger partial charge in [0.05, 0.1) is 17.1 Å². The molecule has 0 bridgehead atoms. The molecule has 4 rings (SSSR count). The Labute approximate surface area is 171 Å². The summed E-state index contributed by atoms with van der Waals surface area (Å²) in [6.07, 6.45) is 3.02. The van der Waals surface area contributed by atoms with Gasteiger partial charge < -0.3 is 9.84 Å². The first kappa shape index (κ1) is 19.2. The Bertz CT molecular complexity index is 1080. The molecular weight excluding hydrogens is 360 g/mol. The van der Waals surface area contributed by atoms with Crippen molar-refractivity contribution in [3.8, 4) is 16.9 Å². The summed E-state index contributed by atoms with van der Waals surface area (Å²) in [4.78, 5) is 0. The monoisotopic (exact) mass is 386 g/mol. The van der Waals surface area contributed by atoms with Gasteiger partial charge in [-0.25, -0.2) is 4.68 Å². The van der Waals surface area contributed by atoms with Crippen LogP contribution in [0.25, 0.3) is 16.9 Å². The second-order valence-electron chi connectivity index (χ2n) is 7.33. The van der Waals surface area contributed by atoms with Gasteiger partial charge in [0, 0.05) is 29.4 Å². The van der Waals surface area contributed by atoms with Crippen molar-refractivity contribution >= 4 is 0 Å². The molecule has 4 aromatic rings. The molecule has 0 spiro atoms. The van der Waals surface area contributed by atoms with Crippen LogP contribution >= 0.6 is 0 Å². The quantitative estimate of drug-likeness (QED) is 0.464. The van der Waals surface area contributed by atoms with Gasteiger partial charge >= 0.3 is 0 Å². The van der Waals surface area contributed by atoms with E-state index < -0.39 is 0 Å². The van der Waals surface area contributed by atoms with Crippen LogP contribution in [-0.4, -0.2) is 21.5 Å². The van der Waals surface area contributed by atoms with E-state index in [0.29, 0.717) is 0 Å². The predicted molar refractivity (Wildman–Crippen MR) is 115 cm³/mol. The number of rotatable bonds is 7. The van der Waals surface area contributed by atoms with Crippen molar-refractivity contribution < 1.29 is 4.52 Å². The van der Waals surface area contributed by atoms with Crippen LogP contribution in [0.4, 0.5) is 0 Å². The van der Waals surface area contributed by atoms with Crippen LogP contribution in [0.5, 0.6) is 0 Å². The van der Waals surface area contributed by atoms with E-state index in [1.807, 2.05) is 36.7 Å². The molecule has 0 unspecified atom stereocenters. The van der Waals surface area contributed by atoms with E-state index in [-0.39, 0.29) is 0 Å². The Morgan fingerprint density at radius 3 is 2.45 bits per heavy atom. The molecule has 0 atom stereocenters. The van der Waals surface area contributed by atoms with E-state index in [9.17, 15) is 0 Å². The molecule has 2 heterocycles. The lowest BCUT2D eigenvalue weighted by molar-refractivity contribution is 0.392. The molecule has 29 heavy (non-hydrogen) atoms. The van der Waals surface area contributed by atoms with Crippen LogP contribution in [-0.2, 0) is 13.0 Å². The summed E-state index contributed by atoms with van der Waals surface area (Å²) < 4.78 is 7.23. The zero-order valence-electron chi connectivity index (χ0n) is 17.1. The molecule has 0 aliphatic carbocycles. The smallest absolute Gasteiger partial charge is 0.137 e. The lowest BCUT2D eigenvalue weighted by Gasteiger charge is -2.07. The Balaban J connectivity index is 1.56. The van der Waals surface area contributed by atoms with Gasteiger partial charge in [0.15, 0.2) is 0 Å². The Kier molecular flexibility index (Phi) is 5.58. The van der Waals surface area contributed by atoms with Gasteiger partial charge in [0.2, 0.25) is 0 Å². The molecule has 5 heteroatoms. The first-order valence-corrected chi connectivity index (χ1v) is 9.96. The SMILES string of the molecule is Cc1ccccc1-c1nn(-c2ccccc2)cc1CNCCc1c(C)noc1C. The minimum atomic E-state index is 0.750. The first-order valence-electron chi connectivity index (χ1n) is 9.96. The number of aromatic nitrogens is 3. The maximum atomic E-state index is 5.26. The highest BCUT2D eigenvalue weighted by Gasteiger charge is 2.14. The predicted octanol–water partition coefficient (Wildman–Crippen LogP) is 4.78. The van der Waals surface area contributed by atoms with Gasteiger partial charge in [-0.05, 0) is 51.4 Å². The molecule has 2 aromatic heterocycles. The molecule has 0 aliphatic heterocycles. The Hall–Kier alpha value is -3.18. The summed E-state index contributed by atoms with van der Waals surface area (Å²) in [5.41, 5.74) is 7.83. The van der Waals surface area contributed by atoms with Crippen molar-refractivity contribution in [3.63, 3.8) is 0 Å². The van der Waals surface area contributed by atoms with Crippen molar-refractivity contribution in [1.29, 1.82) is 0 Å². The minimum Gasteiger partial charge on any atom is -0.361 e. The van der Waals surface area contributed by atoms with Crippen LogP contribution in [0.15, 0.2) is 65.3 Å². The third kappa shape index (κ3) is 4.15. The average Bonchev–Trinajstić information content (AvgIpc) is 3.30. The molecule has 148 valence electrons. The van der Waals surface area contributed by atoms with Crippen LogP contribution in [0.1, 0.15) is 28.1 Å². The molecule has 1 N–H and O–H groups in total. The number of benzene rings is 2. The summed E-state index contributed by atoms with van der Waals surface area (Å²) in [6, 6.07) is 18.6.